The Kier molecular flexibility index (Phi) is 2.58. The van der Waals surface area contributed by atoms with E-state index in [1.54, 1.807) is 0 Å². The first kappa shape index (κ1) is 9.05. The van der Waals surface area contributed by atoms with Crippen molar-refractivity contribution in [1.82, 2.24) is 4.90 Å². The van der Waals surface area contributed by atoms with E-state index in [4.69, 9.17) is 0 Å². The minimum Gasteiger partial charge on any atom is -0.298 e. The highest BCUT2D eigenvalue weighted by Crippen LogP contribution is 2.41. The van der Waals surface area contributed by atoms with E-state index >= 15 is 0 Å². The molecule has 1 nitrogen and oxygen atoms in total. The van der Waals surface area contributed by atoms with E-state index in [9.17, 15) is 0 Å². The van der Waals surface area contributed by atoms with Crippen LogP contribution in [-0.2, 0) is 0 Å². The normalized spacial score (nSPS) is 37.4. The first-order valence-electron chi connectivity index (χ1n) is 4.87. The third kappa shape index (κ3) is 1.58. The molecule has 0 saturated heterocycles. The van der Waals surface area contributed by atoms with Crippen LogP contribution in [0.25, 0.3) is 0 Å². The van der Waals surface area contributed by atoms with Crippen molar-refractivity contribution in [2.45, 2.75) is 46.1 Å². The monoisotopic (exact) mass is 155 g/mol. The lowest BCUT2D eigenvalue weighted by Gasteiger charge is -2.51. The van der Waals surface area contributed by atoms with Crippen LogP contribution in [0, 0.1) is 5.92 Å². The number of hydrogen-bond acceptors (Lipinski definition) is 1. The van der Waals surface area contributed by atoms with E-state index in [2.05, 4.69) is 32.6 Å². The van der Waals surface area contributed by atoms with E-state index < -0.39 is 0 Å². The Morgan fingerprint density at radius 2 is 1.73 bits per heavy atom. The molecule has 1 heteroatoms. The molecule has 0 bridgehead atoms. The first-order valence-corrected chi connectivity index (χ1v) is 4.87. The molecule has 66 valence electrons. The van der Waals surface area contributed by atoms with Crippen LogP contribution < -0.4 is 0 Å². The molecule has 0 radical (unpaired) electrons. The molecule has 1 aliphatic rings. The molecule has 0 aromatic rings. The van der Waals surface area contributed by atoms with E-state index in [0.29, 0.717) is 5.54 Å². The predicted molar refractivity (Wildman–Crippen MR) is 49.7 cm³/mol. The smallest absolute Gasteiger partial charge is 0.0186 e. The van der Waals surface area contributed by atoms with Gasteiger partial charge in [0, 0.05) is 5.54 Å². The van der Waals surface area contributed by atoms with Crippen LogP contribution in [0.1, 0.15) is 40.5 Å². The largest absolute Gasteiger partial charge is 0.298 e. The van der Waals surface area contributed by atoms with Crippen LogP contribution in [0.4, 0.5) is 0 Å². The van der Waals surface area contributed by atoms with Crippen LogP contribution in [0.3, 0.4) is 0 Å². The molecule has 11 heavy (non-hydrogen) atoms. The fraction of sp³-hybridized carbons (Fsp3) is 1.00. The summed E-state index contributed by atoms with van der Waals surface area (Å²) in [7, 11) is 0. The van der Waals surface area contributed by atoms with Crippen molar-refractivity contribution in [2.24, 2.45) is 5.92 Å². The predicted octanol–water partition coefficient (Wildman–Crippen LogP) is 2.52. The Hall–Kier alpha value is -0.0400. The molecule has 0 amide bonds. The Balaban J connectivity index is 2.44. The lowest BCUT2D eigenvalue weighted by Crippen LogP contribution is -2.54. The van der Waals surface area contributed by atoms with Gasteiger partial charge in [-0.2, -0.15) is 0 Å². The maximum Gasteiger partial charge on any atom is 0.0186 e. The Morgan fingerprint density at radius 1 is 1.27 bits per heavy atom. The van der Waals surface area contributed by atoms with Gasteiger partial charge in [-0.15, -0.1) is 0 Å². The van der Waals surface area contributed by atoms with Crippen LogP contribution in [-0.4, -0.2) is 23.5 Å². The summed E-state index contributed by atoms with van der Waals surface area (Å²) in [5.74, 6) is 0.959. The maximum atomic E-state index is 2.59. The Bertz CT molecular complexity index is 121. The highest BCUT2D eigenvalue weighted by molar-refractivity contribution is 4.96. The number of nitrogens with zero attached hydrogens (tertiary/aromatic N) is 1. The van der Waals surface area contributed by atoms with Crippen LogP contribution in [0.5, 0.6) is 0 Å². The summed E-state index contributed by atoms with van der Waals surface area (Å²) in [5.41, 5.74) is 0.545. The molecule has 0 atom stereocenters. The van der Waals surface area contributed by atoms with Crippen molar-refractivity contribution in [2.75, 3.05) is 13.1 Å². The minimum atomic E-state index is 0.545. The van der Waals surface area contributed by atoms with Gasteiger partial charge in [-0.25, -0.2) is 0 Å². The van der Waals surface area contributed by atoms with Gasteiger partial charge in [-0.3, -0.25) is 4.90 Å². The zero-order valence-electron chi connectivity index (χ0n) is 8.35. The molecule has 1 saturated carbocycles. The fourth-order valence-corrected chi connectivity index (χ4v) is 2.69. The second kappa shape index (κ2) is 3.14. The van der Waals surface area contributed by atoms with E-state index in [-0.39, 0.29) is 0 Å². The van der Waals surface area contributed by atoms with Gasteiger partial charge < -0.3 is 0 Å². The average Bonchev–Trinajstić information content (AvgIpc) is 1.87. The van der Waals surface area contributed by atoms with Crippen LogP contribution in [0.2, 0.25) is 0 Å². The molecule has 0 spiro atoms. The molecule has 1 fully saturated rings. The summed E-state index contributed by atoms with van der Waals surface area (Å²) in [5, 5.41) is 0. The van der Waals surface area contributed by atoms with Crippen molar-refractivity contribution in [3.05, 3.63) is 0 Å². The number of hydrogen-bond donors (Lipinski definition) is 0. The van der Waals surface area contributed by atoms with E-state index in [1.165, 1.54) is 25.9 Å². The third-order valence-corrected chi connectivity index (χ3v) is 3.10. The van der Waals surface area contributed by atoms with Crippen molar-refractivity contribution in [3.8, 4) is 0 Å². The topological polar surface area (TPSA) is 3.24 Å². The standard InChI is InChI=1S/C10H21N/c1-5-11(6-2)10(4)7-9(3)8-10/h9H,5-8H2,1-4H3. The van der Waals surface area contributed by atoms with Gasteiger partial charge in [0.25, 0.3) is 0 Å². The summed E-state index contributed by atoms with van der Waals surface area (Å²) in [6, 6.07) is 0. The van der Waals surface area contributed by atoms with Gasteiger partial charge in [0.15, 0.2) is 0 Å². The van der Waals surface area contributed by atoms with Gasteiger partial charge in [0.2, 0.25) is 0 Å². The summed E-state index contributed by atoms with van der Waals surface area (Å²) < 4.78 is 0. The summed E-state index contributed by atoms with van der Waals surface area (Å²) in [4.78, 5) is 2.59. The number of rotatable bonds is 3. The molecular formula is C10H21N. The van der Waals surface area contributed by atoms with Gasteiger partial charge in [0.05, 0.1) is 0 Å². The highest BCUT2D eigenvalue weighted by Gasteiger charge is 2.40. The van der Waals surface area contributed by atoms with Gasteiger partial charge in [-0.05, 0) is 38.8 Å². The SMILES string of the molecule is CCN(CC)C1(C)CC(C)C1. The second-order valence-electron chi connectivity index (χ2n) is 4.18. The Morgan fingerprint density at radius 3 is 2.00 bits per heavy atom. The molecule has 0 heterocycles. The fourth-order valence-electron chi connectivity index (χ4n) is 2.69. The van der Waals surface area contributed by atoms with E-state index in [0.717, 1.165) is 5.92 Å². The zero-order chi connectivity index (χ0) is 8.48. The molecule has 1 rings (SSSR count). The van der Waals surface area contributed by atoms with Gasteiger partial charge in [-0.1, -0.05) is 20.8 Å². The molecule has 1 aliphatic carbocycles. The minimum absolute atomic E-state index is 0.545. The molecule has 0 aromatic carbocycles. The van der Waals surface area contributed by atoms with E-state index in [1.807, 2.05) is 0 Å². The van der Waals surface area contributed by atoms with Crippen LogP contribution >= 0.6 is 0 Å². The maximum absolute atomic E-state index is 2.59. The quantitative estimate of drug-likeness (QED) is 0.605. The van der Waals surface area contributed by atoms with Gasteiger partial charge in [0.1, 0.15) is 0 Å². The molecule has 0 aromatic heterocycles. The van der Waals surface area contributed by atoms with Crippen molar-refractivity contribution >= 4 is 0 Å². The third-order valence-electron chi connectivity index (χ3n) is 3.10. The van der Waals surface area contributed by atoms with Crippen molar-refractivity contribution in [3.63, 3.8) is 0 Å². The van der Waals surface area contributed by atoms with Crippen LogP contribution in [0.15, 0.2) is 0 Å². The summed E-state index contributed by atoms with van der Waals surface area (Å²) in [6.07, 6.45) is 2.80. The van der Waals surface area contributed by atoms with Gasteiger partial charge >= 0.3 is 0 Å². The second-order valence-corrected chi connectivity index (χ2v) is 4.18. The average molecular weight is 155 g/mol. The van der Waals surface area contributed by atoms with Crippen molar-refractivity contribution < 1.29 is 0 Å². The summed E-state index contributed by atoms with van der Waals surface area (Å²) >= 11 is 0. The highest BCUT2D eigenvalue weighted by atomic mass is 15.2. The summed E-state index contributed by atoms with van der Waals surface area (Å²) in [6.45, 7) is 11.7. The lowest BCUT2D eigenvalue weighted by atomic mass is 9.69. The molecule has 0 N–H and O–H groups in total. The molecular weight excluding hydrogens is 134 g/mol. The zero-order valence-corrected chi connectivity index (χ0v) is 8.35. The Labute approximate surface area is 70.8 Å². The first-order chi connectivity index (χ1) is 5.12. The van der Waals surface area contributed by atoms with Crippen molar-refractivity contribution in [1.29, 1.82) is 0 Å². The lowest BCUT2D eigenvalue weighted by molar-refractivity contribution is 0.00266. The molecule has 0 aliphatic heterocycles. The molecule has 0 unspecified atom stereocenters.